The summed E-state index contributed by atoms with van der Waals surface area (Å²) in [6.07, 6.45) is 0. The van der Waals surface area contributed by atoms with Crippen LogP contribution in [0.15, 0.2) is 24.3 Å². The summed E-state index contributed by atoms with van der Waals surface area (Å²) in [5.41, 5.74) is 4.46. The molecule has 0 saturated carbocycles. The summed E-state index contributed by atoms with van der Waals surface area (Å²) in [5, 5.41) is 7.80. The molecule has 0 radical (unpaired) electrons. The zero-order valence-electron chi connectivity index (χ0n) is 13.6. The summed E-state index contributed by atoms with van der Waals surface area (Å²) in [7, 11) is 1.95. The highest BCUT2D eigenvalue weighted by Crippen LogP contribution is 2.24. The minimum atomic E-state index is 0.457. The van der Waals surface area contributed by atoms with E-state index in [1.807, 2.05) is 18.7 Å². The number of aromatic nitrogens is 2. The van der Waals surface area contributed by atoms with E-state index in [0.717, 1.165) is 29.2 Å². The van der Waals surface area contributed by atoms with Gasteiger partial charge in [-0.1, -0.05) is 32.0 Å². The zero-order chi connectivity index (χ0) is 15.4. The zero-order valence-corrected chi connectivity index (χ0v) is 13.6. The number of rotatable bonds is 6. The molecule has 0 bridgehead atoms. The van der Waals surface area contributed by atoms with Crippen LogP contribution in [0.4, 0.5) is 0 Å². The summed E-state index contributed by atoms with van der Waals surface area (Å²) in [4.78, 5) is 0. The molecule has 0 saturated heterocycles. The molecule has 1 heterocycles. The lowest BCUT2D eigenvalue weighted by atomic mass is 10.1. The number of aryl methyl sites for hydroxylation is 3. The van der Waals surface area contributed by atoms with E-state index in [9.17, 15) is 0 Å². The standard InChI is InChI=1S/C17H25N3O/c1-12(2)18-10-15-8-6-7-13(3)17(15)21-11-16-9-14(4)19-20(16)5/h6-9,12,18H,10-11H2,1-5H3. The quantitative estimate of drug-likeness (QED) is 0.887. The van der Waals surface area contributed by atoms with Crippen LogP contribution in [0.3, 0.4) is 0 Å². The average molecular weight is 287 g/mol. The number of nitrogens with one attached hydrogen (secondary N) is 1. The first kappa shape index (κ1) is 15.6. The second-order valence-electron chi connectivity index (χ2n) is 5.79. The first-order valence-electron chi connectivity index (χ1n) is 7.41. The number of hydrogen-bond acceptors (Lipinski definition) is 3. The topological polar surface area (TPSA) is 39.1 Å². The van der Waals surface area contributed by atoms with Gasteiger partial charge in [0.05, 0.1) is 11.4 Å². The number of nitrogens with zero attached hydrogens (tertiary/aromatic N) is 2. The van der Waals surface area contributed by atoms with Crippen molar-refractivity contribution in [3.8, 4) is 5.75 Å². The van der Waals surface area contributed by atoms with Crippen molar-refractivity contribution >= 4 is 0 Å². The summed E-state index contributed by atoms with van der Waals surface area (Å²) < 4.78 is 7.95. The van der Waals surface area contributed by atoms with Crippen molar-refractivity contribution in [3.63, 3.8) is 0 Å². The maximum absolute atomic E-state index is 6.08. The second-order valence-corrected chi connectivity index (χ2v) is 5.79. The summed E-state index contributed by atoms with van der Waals surface area (Å²) in [6.45, 7) is 9.73. The molecular formula is C17H25N3O. The number of benzene rings is 1. The Morgan fingerprint density at radius 3 is 2.67 bits per heavy atom. The number of hydrogen-bond donors (Lipinski definition) is 1. The molecule has 0 amide bonds. The fourth-order valence-corrected chi connectivity index (χ4v) is 2.32. The molecule has 2 aromatic rings. The first-order valence-corrected chi connectivity index (χ1v) is 7.41. The lowest BCUT2D eigenvalue weighted by molar-refractivity contribution is 0.289. The second kappa shape index (κ2) is 6.76. The third kappa shape index (κ3) is 4.08. The van der Waals surface area contributed by atoms with Crippen LogP contribution in [-0.4, -0.2) is 15.8 Å². The smallest absolute Gasteiger partial charge is 0.130 e. The van der Waals surface area contributed by atoms with Gasteiger partial charge in [-0.2, -0.15) is 5.10 Å². The van der Waals surface area contributed by atoms with Gasteiger partial charge in [-0.3, -0.25) is 4.68 Å². The highest BCUT2D eigenvalue weighted by atomic mass is 16.5. The van der Waals surface area contributed by atoms with Crippen LogP contribution in [0.2, 0.25) is 0 Å². The lowest BCUT2D eigenvalue weighted by Crippen LogP contribution is -2.22. The molecule has 1 aromatic carbocycles. The van der Waals surface area contributed by atoms with Gasteiger partial charge >= 0.3 is 0 Å². The monoisotopic (exact) mass is 287 g/mol. The van der Waals surface area contributed by atoms with Gasteiger partial charge in [0.15, 0.2) is 0 Å². The van der Waals surface area contributed by atoms with Crippen LogP contribution < -0.4 is 10.1 Å². The minimum absolute atomic E-state index is 0.457. The molecule has 0 aliphatic rings. The molecule has 0 aliphatic heterocycles. The Bertz CT molecular complexity index is 602. The van der Waals surface area contributed by atoms with Crippen LogP contribution in [-0.2, 0) is 20.2 Å². The maximum atomic E-state index is 6.08. The van der Waals surface area contributed by atoms with E-state index in [1.54, 1.807) is 0 Å². The van der Waals surface area contributed by atoms with Gasteiger partial charge in [0.2, 0.25) is 0 Å². The van der Waals surface area contributed by atoms with Crippen LogP contribution in [0.1, 0.15) is 36.4 Å². The summed E-state index contributed by atoms with van der Waals surface area (Å²) in [5.74, 6) is 0.976. The highest BCUT2D eigenvalue weighted by Gasteiger charge is 2.09. The number of para-hydroxylation sites is 1. The Balaban J connectivity index is 2.13. The molecule has 1 N–H and O–H groups in total. The SMILES string of the molecule is Cc1cc(COc2c(C)cccc2CNC(C)C)n(C)n1. The highest BCUT2D eigenvalue weighted by molar-refractivity contribution is 5.40. The summed E-state index contributed by atoms with van der Waals surface area (Å²) >= 11 is 0. The van der Waals surface area contributed by atoms with Gasteiger partial charge < -0.3 is 10.1 Å². The Morgan fingerprint density at radius 1 is 1.29 bits per heavy atom. The Morgan fingerprint density at radius 2 is 2.05 bits per heavy atom. The molecule has 21 heavy (non-hydrogen) atoms. The van der Waals surface area contributed by atoms with Crippen LogP contribution >= 0.6 is 0 Å². The number of ether oxygens (including phenoxy) is 1. The fourth-order valence-electron chi connectivity index (χ4n) is 2.32. The third-order valence-electron chi connectivity index (χ3n) is 3.46. The molecule has 4 nitrogen and oxygen atoms in total. The van der Waals surface area contributed by atoms with E-state index in [-0.39, 0.29) is 0 Å². The van der Waals surface area contributed by atoms with Crippen molar-refractivity contribution in [1.82, 2.24) is 15.1 Å². The Kier molecular flexibility index (Phi) is 5.02. The maximum Gasteiger partial charge on any atom is 0.130 e. The van der Waals surface area contributed by atoms with Gasteiger partial charge in [-0.15, -0.1) is 0 Å². The molecule has 1 aromatic heterocycles. The van der Waals surface area contributed by atoms with E-state index < -0.39 is 0 Å². The predicted molar refractivity (Wildman–Crippen MR) is 85.4 cm³/mol. The molecule has 0 unspecified atom stereocenters. The van der Waals surface area contributed by atoms with Gasteiger partial charge in [-0.05, 0) is 25.5 Å². The van der Waals surface area contributed by atoms with Gasteiger partial charge in [-0.25, -0.2) is 0 Å². The van der Waals surface area contributed by atoms with Crippen molar-refractivity contribution in [2.24, 2.45) is 7.05 Å². The molecule has 0 aliphatic carbocycles. The van der Waals surface area contributed by atoms with Crippen molar-refractivity contribution in [2.45, 2.75) is 46.9 Å². The molecule has 0 atom stereocenters. The van der Waals surface area contributed by atoms with Crippen molar-refractivity contribution < 1.29 is 4.74 Å². The van der Waals surface area contributed by atoms with Gasteiger partial charge in [0.1, 0.15) is 12.4 Å². The normalized spacial score (nSPS) is 11.1. The predicted octanol–water partition coefficient (Wildman–Crippen LogP) is 3.11. The largest absolute Gasteiger partial charge is 0.487 e. The van der Waals surface area contributed by atoms with Crippen molar-refractivity contribution in [3.05, 3.63) is 46.8 Å². The summed E-state index contributed by atoms with van der Waals surface area (Å²) in [6, 6.07) is 8.80. The molecular weight excluding hydrogens is 262 g/mol. The van der Waals surface area contributed by atoms with Crippen LogP contribution in [0, 0.1) is 13.8 Å². The van der Waals surface area contributed by atoms with Gasteiger partial charge in [0.25, 0.3) is 0 Å². The van der Waals surface area contributed by atoms with Gasteiger partial charge in [0, 0.05) is 25.2 Å². The van der Waals surface area contributed by atoms with E-state index in [1.165, 1.54) is 5.56 Å². The van der Waals surface area contributed by atoms with E-state index in [2.05, 4.69) is 55.5 Å². The van der Waals surface area contributed by atoms with E-state index in [4.69, 9.17) is 4.74 Å². The Hall–Kier alpha value is -1.81. The molecule has 4 heteroatoms. The lowest BCUT2D eigenvalue weighted by Gasteiger charge is -2.16. The fraction of sp³-hybridized carbons (Fsp3) is 0.471. The van der Waals surface area contributed by atoms with E-state index in [0.29, 0.717) is 12.6 Å². The average Bonchev–Trinajstić information content (AvgIpc) is 2.73. The Labute approximate surface area is 127 Å². The molecule has 2 rings (SSSR count). The third-order valence-corrected chi connectivity index (χ3v) is 3.46. The van der Waals surface area contributed by atoms with E-state index >= 15 is 0 Å². The van der Waals surface area contributed by atoms with Crippen molar-refractivity contribution in [2.75, 3.05) is 0 Å². The van der Waals surface area contributed by atoms with Crippen LogP contribution in [0.5, 0.6) is 5.75 Å². The minimum Gasteiger partial charge on any atom is -0.487 e. The first-order chi connectivity index (χ1) is 9.97. The molecule has 114 valence electrons. The molecule has 0 spiro atoms. The van der Waals surface area contributed by atoms with Crippen molar-refractivity contribution in [1.29, 1.82) is 0 Å². The molecule has 0 fully saturated rings. The van der Waals surface area contributed by atoms with Crippen LogP contribution in [0.25, 0.3) is 0 Å².